The van der Waals surface area contributed by atoms with E-state index < -0.39 is 13.9 Å². The zero-order valence-electron chi connectivity index (χ0n) is 27.2. The number of benzene rings is 1. The van der Waals surface area contributed by atoms with Crippen LogP contribution in [0.4, 0.5) is 0 Å². The highest BCUT2D eigenvalue weighted by atomic mass is 125. The molecule has 0 spiro atoms. The Balaban J connectivity index is 1.82. The van der Waals surface area contributed by atoms with Gasteiger partial charge in [-0.2, -0.15) is 0 Å². The number of phosphoric ester groups is 1. The Kier molecular flexibility index (Phi) is 23.9. The van der Waals surface area contributed by atoms with Gasteiger partial charge in [-0.3, -0.25) is 4.57 Å². The lowest BCUT2D eigenvalue weighted by Gasteiger charge is -2.28. The molecule has 0 saturated heterocycles. The van der Waals surface area contributed by atoms with Crippen molar-refractivity contribution in [1.29, 1.82) is 0 Å². The number of ether oxygens (including phenoxy) is 2. The molecule has 42 heavy (non-hydrogen) atoms. The molecule has 0 radical (unpaired) electrons. The third kappa shape index (κ3) is 25.3. The third-order valence-electron chi connectivity index (χ3n) is 7.48. The molecule has 0 aliphatic carbocycles. The zero-order chi connectivity index (χ0) is 30.9. The number of nitrogens with zero attached hydrogens (tertiary/aromatic N) is 1. The molecule has 0 aromatic heterocycles. The number of aryl methyl sites for hydroxylation is 1. The van der Waals surface area contributed by atoms with Crippen LogP contribution in [0.3, 0.4) is 0 Å². The molecule has 0 aliphatic heterocycles. The van der Waals surface area contributed by atoms with Crippen LogP contribution in [0.5, 0.6) is 0 Å². The predicted molar refractivity (Wildman–Crippen MR) is 181 cm³/mol. The fraction of sp³-hybridized carbons (Fsp3) is 0.818. The van der Waals surface area contributed by atoms with Crippen molar-refractivity contribution in [2.75, 3.05) is 61.2 Å². The van der Waals surface area contributed by atoms with E-state index in [-0.39, 0.29) is 13.2 Å². The maximum atomic E-state index is 11.9. The molecule has 0 fully saturated rings. The standard InChI is InChI=1S/C33H61INO6P/c1-35(2,3)26-28-40-42(36,37)41-30-33(38-4)29-39-27-20-18-16-14-12-10-8-6-5-7-9-11-13-15-17-19-21-31-22-24-32(34)25-23-31/h22-25,33H,5-21,26-30H2,1-4H3/i34-2. The molecule has 0 amide bonds. The van der Waals surface area contributed by atoms with E-state index in [1.807, 2.05) is 21.1 Å². The van der Waals surface area contributed by atoms with Crippen LogP contribution in [0.2, 0.25) is 0 Å². The summed E-state index contributed by atoms with van der Waals surface area (Å²) in [6, 6.07) is 8.96. The maximum absolute atomic E-state index is 11.9. The van der Waals surface area contributed by atoms with Crippen LogP contribution < -0.4 is 4.89 Å². The van der Waals surface area contributed by atoms with Gasteiger partial charge >= 0.3 is 0 Å². The SMILES string of the molecule is COC(COCCCCCCCCCCCCCCCCCCc1ccc([125I])cc1)COP(=O)([O-])OCC[N+](C)(C)C. The molecule has 0 aliphatic rings. The minimum absolute atomic E-state index is 0.0921. The van der Waals surface area contributed by atoms with Crippen LogP contribution in [0.25, 0.3) is 0 Å². The van der Waals surface area contributed by atoms with Gasteiger partial charge in [0, 0.05) is 17.3 Å². The van der Waals surface area contributed by atoms with E-state index in [2.05, 4.69) is 46.9 Å². The smallest absolute Gasteiger partial charge is 0.268 e. The quantitative estimate of drug-likeness (QED) is 0.0358. The largest absolute Gasteiger partial charge is 0.756 e. The molecule has 7 nitrogen and oxygen atoms in total. The fourth-order valence-corrected chi connectivity index (χ4v) is 5.78. The molecule has 0 saturated carbocycles. The summed E-state index contributed by atoms with van der Waals surface area (Å²) in [4.78, 5) is 11.9. The van der Waals surface area contributed by atoms with Crippen LogP contribution in [0.15, 0.2) is 24.3 Å². The van der Waals surface area contributed by atoms with Crippen molar-refractivity contribution in [2.45, 2.75) is 115 Å². The summed E-state index contributed by atoms with van der Waals surface area (Å²) in [7, 11) is 3.11. The maximum Gasteiger partial charge on any atom is 0.268 e. The Labute approximate surface area is 271 Å². The third-order valence-corrected chi connectivity index (χ3v) is 9.17. The highest BCUT2D eigenvalue weighted by Crippen LogP contribution is 2.38. The van der Waals surface area contributed by atoms with Crippen molar-refractivity contribution in [1.82, 2.24) is 0 Å². The van der Waals surface area contributed by atoms with E-state index in [9.17, 15) is 9.46 Å². The van der Waals surface area contributed by atoms with Gasteiger partial charge in [-0.05, 0) is 59.5 Å². The molecule has 1 aromatic carbocycles. The van der Waals surface area contributed by atoms with E-state index in [0.29, 0.717) is 24.2 Å². The van der Waals surface area contributed by atoms with Gasteiger partial charge in [0.25, 0.3) is 7.82 Å². The van der Waals surface area contributed by atoms with Crippen molar-refractivity contribution in [2.24, 2.45) is 0 Å². The van der Waals surface area contributed by atoms with Gasteiger partial charge in [-0.1, -0.05) is 102 Å². The molecule has 1 rings (SSSR count). The second-order valence-electron chi connectivity index (χ2n) is 12.6. The molecule has 0 bridgehead atoms. The summed E-state index contributed by atoms with van der Waals surface area (Å²) in [5, 5.41) is 0. The fourth-order valence-electron chi connectivity index (χ4n) is 4.70. The van der Waals surface area contributed by atoms with E-state index in [1.165, 1.54) is 113 Å². The van der Waals surface area contributed by atoms with Crippen LogP contribution in [0, 0.1) is 3.57 Å². The monoisotopic (exact) mass is 723 g/mol. The molecule has 0 N–H and O–H groups in total. The average Bonchev–Trinajstić information content (AvgIpc) is 2.93. The van der Waals surface area contributed by atoms with Gasteiger partial charge in [0.05, 0.1) is 34.4 Å². The Morgan fingerprint density at radius 1 is 0.714 bits per heavy atom. The summed E-state index contributed by atoms with van der Waals surface area (Å²) < 4.78 is 34.7. The van der Waals surface area contributed by atoms with Gasteiger partial charge in [0.15, 0.2) is 0 Å². The molecule has 9 heteroatoms. The van der Waals surface area contributed by atoms with Crippen molar-refractivity contribution in [3.63, 3.8) is 0 Å². The van der Waals surface area contributed by atoms with E-state index >= 15 is 0 Å². The normalized spacial score (nSPS) is 14.2. The van der Waals surface area contributed by atoms with Gasteiger partial charge in [0.1, 0.15) is 19.3 Å². The molecule has 1 aromatic rings. The second-order valence-corrected chi connectivity index (χ2v) is 15.2. The molecular weight excluding hydrogens is 662 g/mol. The van der Waals surface area contributed by atoms with Gasteiger partial charge in [-0.15, -0.1) is 0 Å². The van der Waals surface area contributed by atoms with Crippen LogP contribution in [0.1, 0.15) is 108 Å². The summed E-state index contributed by atoms with van der Waals surface area (Å²) in [6.07, 6.45) is 22.0. The lowest BCUT2D eigenvalue weighted by molar-refractivity contribution is -0.870. The second kappa shape index (κ2) is 25.2. The van der Waals surface area contributed by atoms with Crippen LogP contribution >= 0.6 is 30.4 Å². The molecule has 2 atom stereocenters. The van der Waals surface area contributed by atoms with Gasteiger partial charge in [0.2, 0.25) is 0 Å². The highest BCUT2D eigenvalue weighted by molar-refractivity contribution is 14.1. The lowest BCUT2D eigenvalue weighted by Crippen LogP contribution is -2.37. The number of methoxy groups -OCH3 is 1. The molecule has 246 valence electrons. The Hall–Kier alpha value is -0.0600. The summed E-state index contributed by atoms with van der Waals surface area (Å²) in [5.74, 6) is 0. The minimum Gasteiger partial charge on any atom is -0.756 e. The number of rotatable bonds is 29. The summed E-state index contributed by atoms with van der Waals surface area (Å²) in [6.45, 7) is 1.53. The van der Waals surface area contributed by atoms with E-state index in [4.69, 9.17) is 18.5 Å². The molecule has 0 heterocycles. The first-order valence-corrected chi connectivity index (χ1v) is 18.9. The molecule has 2 unspecified atom stereocenters. The van der Waals surface area contributed by atoms with Gasteiger partial charge in [-0.25, -0.2) is 0 Å². The van der Waals surface area contributed by atoms with Crippen LogP contribution in [-0.4, -0.2) is 71.8 Å². The van der Waals surface area contributed by atoms with E-state index in [0.717, 1.165) is 12.8 Å². The number of phosphoric acid groups is 1. The summed E-state index contributed by atoms with van der Waals surface area (Å²) in [5.41, 5.74) is 1.48. The first-order chi connectivity index (χ1) is 20.1. The Morgan fingerprint density at radius 2 is 1.19 bits per heavy atom. The topological polar surface area (TPSA) is 77.1 Å². The molecular formula is C33H61INO6P. The first-order valence-electron chi connectivity index (χ1n) is 16.4. The van der Waals surface area contributed by atoms with Crippen LogP contribution in [-0.2, 0) is 29.5 Å². The Bertz CT molecular complexity index is 805. The predicted octanol–water partition coefficient (Wildman–Crippen LogP) is 8.31. The number of quaternary nitrogens is 1. The first kappa shape index (κ1) is 40.0. The highest BCUT2D eigenvalue weighted by Gasteiger charge is 2.17. The van der Waals surface area contributed by atoms with E-state index in [1.54, 1.807) is 0 Å². The number of unbranched alkanes of at least 4 members (excludes halogenated alkanes) is 15. The zero-order valence-corrected chi connectivity index (χ0v) is 30.2. The average molecular weight is 724 g/mol. The van der Waals surface area contributed by atoms with Crippen molar-refractivity contribution in [3.05, 3.63) is 33.4 Å². The number of likely N-dealkylation sites (N-methyl/N-ethyl adjacent to an activating group) is 1. The number of hydrogen-bond donors (Lipinski definition) is 0. The van der Waals surface area contributed by atoms with Crippen molar-refractivity contribution < 1.29 is 32.5 Å². The number of hydrogen-bond acceptors (Lipinski definition) is 6. The lowest BCUT2D eigenvalue weighted by atomic mass is 10.0. The minimum atomic E-state index is -4.33. The Morgan fingerprint density at radius 3 is 1.67 bits per heavy atom. The number of halogens is 1. The van der Waals surface area contributed by atoms with Crippen molar-refractivity contribution >= 4 is 30.4 Å². The van der Waals surface area contributed by atoms with Crippen molar-refractivity contribution in [3.8, 4) is 0 Å². The van der Waals surface area contributed by atoms with Gasteiger partial charge < -0.3 is 27.9 Å². The summed E-state index contributed by atoms with van der Waals surface area (Å²) >= 11 is 2.37.